The van der Waals surface area contributed by atoms with Gasteiger partial charge >= 0.3 is 0 Å². The van der Waals surface area contributed by atoms with Gasteiger partial charge in [-0.1, -0.05) is 41.9 Å². The highest BCUT2D eigenvalue weighted by Gasteiger charge is 2.19. The minimum atomic E-state index is -0.264. The maximum absolute atomic E-state index is 13.3. The molecule has 0 unspecified atom stereocenters. The lowest BCUT2D eigenvalue weighted by Crippen LogP contribution is -2.18. The third-order valence-electron chi connectivity index (χ3n) is 5.73. The number of nitrogens with zero attached hydrogens (tertiary/aromatic N) is 3. The highest BCUT2D eigenvalue weighted by Crippen LogP contribution is 2.24. The average Bonchev–Trinajstić information content (AvgIpc) is 3.39. The zero-order valence-electron chi connectivity index (χ0n) is 18.0. The van der Waals surface area contributed by atoms with E-state index in [-0.39, 0.29) is 5.91 Å². The molecule has 2 heterocycles. The molecule has 6 nitrogen and oxygen atoms in total. The van der Waals surface area contributed by atoms with Gasteiger partial charge in [-0.3, -0.25) is 4.79 Å². The van der Waals surface area contributed by atoms with Crippen LogP contribution >= 0.6 is 11.6 Å². The summed E-state index contributed by atoms with van der Waals surface area (Å²) in [5.41, 5.74) is 10.1. The number of fused-ring (bicyclic) bond motifs is 2. The first-order valence-electron chi connectivity index (χ1n) is 10.9. The second kappa shape index (κ2) is 9.10. The van der Waals surface area contributed by atoms with E-state index >= 15 is 0 Å². The number of hydrogen-bond acceptors (Lipinski definition) is 3. The molecule has 166 valence electrons. The predicted molar refractivity (Wildman–Crippen MR) is 134 cm³/mol. The van der Waals surface area contributed by atoms with Crippen molar-refractivity contribution in [1.82, 2.24) is 14.1 Å². The summed E-state index contributed by atoms with van der Waals surface area (Å²) in [5.74, 6) is 0.0805. The van der Waals surface area contributed by atoms with Crippen LogP contribution in [-0.2, 0) is 13.1 Å². The van der Waals surface area contributed by atoms with Gasteiger partial charge in [0.15, 0.2) is 0 Å². The predicted octanol–water partition coefficient (Wildman–Crippen LogP) is 5.29. The molecular formula is C26H24ClN5O. The molecule has 5 aromatic rings. The van der Waals surface area contributed by atoms with E-state index in [1.807, 2.05) is 71.3 Å². The summed E-state index contributed by atoms with van der Waals surface area (Å²) in [5, 5.41) is 4.69. The molecule has 0 saturated heterocycles. The minimum absolute atomic E-state index is 0.264. The first-order valence-corrected chi connectivity index (χ1v) is 11.3. The van der Waals surface area contributed by atoms with Gasteiger partial charge in [-0.15, -0.1) is 0 Å². The zero-order chi connectivity index (χ0) is 22.8. The van der Waals surface area contributed by atoms with E-state index in [4.69, 9.17) is 17.3 Å². The largest absolute Gasteiger partial charge is 0.347 e. The maximum Gasteiger partial charge on any atom is 0.291 e. The Morgan fingerprint density at radius 1 is 1.00 bits per heavy atom. The number of benzene rings is 3. The van der Waals surface area contributed by atoms with Crippen molar-refractivity contribution in [2.24, 2.45) is 5.73 Å². The van der Waals surface area contributed by atoms with Gasteiger partial charge in [-0.05, 0) is 61.0 Å². The van der Waals surface area contributed by atoms with Crippen LogP contribution in [0.1, 0.15) is 22.6 Å². The summed E-state index contributed by atoms with van der Waals surface area (Å²) in [4.78, 5) is 17.9. The number of carbonyl (C=O) groups is 1. The molecule has 0 aliphatic heterocycles. The Kier molecular flexibility index (Phi) is 5.86. The number of nitrogens with two attached hydrogens (primary N) is 1. The van der Waals surface area contributed by atoms with E-state index in [0.29, 0.717) is 23.9 Å². The fourth-order valence-corrected chi connectivity index (χ4v) is 4.28. The van der Waals surface area contributed by atoms with Crippen LogP contribution in [0.15, 0.2) is 79.0 Å². The highest BCUT2D eigenvalue weighted by atomic mass is 35.5. The smallest absolute Gasteiger partial charge is 0.291 e. The first kappa shape index (κ1) is 21.2. The van der Waals surface area contributed by atoms with Crippen molar-refractivity contribution in [2.75, 3.05) is 11.9 Å². The van der Waals surface area contributed by atoms with Gasteiger partial charge in [0.1, 0.15) is 0 Å². The molecule has 33 heavy (non-hydrogen) atoms. The van der Waals surface area contributed by atoms with Crippen LogP contribution < -0.4 is 11.1 Å². The number of halogens is 1. The monoisotopic (exact) mass is 457 g/mol. The van der Waals surface area contributed by atoms with Crippen molar-refractivity contribution >= 4 is 45.1 Å². The Balaban J connectivity index is 1.47. The molecular weight excluding hydrogens is 434 g/mol. The SMILES string of the molecule is NCCCn1ccc2cc(NC(=O)c3nc4ccc(Cl)cc4n3Cc3ccccc3)ccc21. The molecule has 3 N–H and O–H groups in total. The fraction of sp³-hybridized carbons (Fsp3) is 0.154. The quantitative estimate of drug-likeness (QED) is 0.348. The van der Waals surface area contributed by atoms with E-state index in [0.717, 1.165) is 46.2 Å². The maximum atomic E-state index is 13.3. The Morgan fingerprint density at radius 2 is 1.85 bits per heavy atom. The molecule has 3 aromatic carbocycles. The van der Waals surface area contributed by atoms with Crippen molar-refractivity contribution in [3.8, 4) is 0 Å². The van der Waals surface area contributed by atoms with E-state index in [2.05, 4.69) is 21.1 Å². The summed E-state index contributed by atoms with van der Waals surface area (Å²) in [6, 6.07) is 23.4. The van der Waals surface area contributed by atoms with Crippen LogP contribution in [0.2, 0.25) is 5.02 Å². The highest BCUT2D eigenvalue weighted by molar-refractivity contribution is 6.31. The van der Waals surface area contributed by atoms with Crippen LogP contribution in [-0.4, -0.2) is 26.6 Å². The molecule has 0 aliphatic rings. The molecule has 5 rings (SSSR count). The van der Waals surface area contributed by atoms with Crippen molar-refractivity contribution < 1.29 is 4.79 Å². The number of aromatic nitrogens is 3. The molecule has 1 amide bonds. The van der Waals surface area contributed by atoms with Crippen LogP contribution in [0.5, 0.6) is 0 Å². The van der Waals surface area contributed by atoms with Crippen LogP contribution in [0.4, 0.5) is 5.69 Å². The summed E-state index contributed by atoms with van der Waals surface area (Å²) in [6.45, 7) is 2.05. The lowest BCUT2D eigenvalue weighted by molar-refractivity contribution is 0.101. The van der Waals surface area contributed by atoms with Gasteiger partial charge in [0.2, 0.25) is 5.82 Å². The minimum Gasteiger partial charge on any atom is -0.347 e. The van der Waals surface area contributed by atoms with Crippen LogP contribution in [0.3, 0.4) is 0 Å². The topological polar surface area (TPSA) is 77.9 Å². The van der Waals surface area contributed by atoms with E-state index in [1.165, 1.54) is 0 Å². The normalized spacial score (nSPS) is 11.3. The van der Waals surface area contributed by atoms with Crippen LogP contribution in [0, 0.1) is 0 Å². The van der Waals surface area contributed by atoms with Gasteiger partial charge in [-0.2, -0.15) is 0 Å². The third-order valence-corrected chi connectivity index (χ3v) is 5.96. The standard InChI is InChI=1S/C26H24ClN5O/c27-20-7-9-22-24(16-20)32(17-18-5-2-1-3-6-18)25(30-22)26(33)29-21-8-10-23-19(15-21)11-14-31(23)13-4-12-28/h1-3,5-11,14-16H,4,12-13,17,28H2,(H,29,33). The van der Waals surface area contributed by atoms with Gasteiger partial charge < -0.3 is 20.2 Å². The van der Waals surface area contributed by atoms with Crippen molar-refractivity contribution in [2.45, 2.75) is 19.5 Å². The Labute approximate surface area is 196 Å². The molecule has 0 radical (unpaired) electrons. The molecule has 2 aromatic heterocycles. The van der Waals surface area contributed by atoms with Gasteiger partial charge in [0, 0.05) is 40.9 Å². The van der Waals surface area contributed by atoms with E-state index < -0.39 is 0 Å². The van der Waals surface area contributed by atoms with Gasteiger partial charge in [0.25, 0.3) is 5.91 Å². The number of rotatable bonds is 7. The van der Waals surface area contributed by atoms with Gasteiger partial charge in [-0.25, -0.2) is 4.98 Å². The summed E-state index contributed by atoms with van der Waals surface area (Å²) in [7, 11) is 0. The van der Waals surface area contributed by atoms with E-state index in [1.54, 1.807) is 6.07 Å². The van der Waals surface area contributed by atoms with Crippen molar-refractivity contribution in [3.05, 3.63) is 95.4 Å². The Bertz CT molecular complexity index is 1440. The number of aryl methyl sites for hydroxylation is 1. The number of nitrogens with one attached hydrogen (secondary N) is 1. The number of carbonyl (C=O) groups excluding carboxylic acids is 1. The lowest BCUT2D eigenvalue weighted by Gasteiger charge is -2.11. The lowest BCUT2D eigenvalue weighted by atomic mass is 10.2. The number of amides is 1. The molecule has 0 saturated carbocycles. The Morgan fingerprint density at radius 3 is 2.67 bits per heavy atom. The molecule has 0 spiro atoms. The van der Waals surface area contributed by atoms with Crippen molar-refractivity contribution in [1.29, 1.82) is 0 Å². The van der Waals surface area contributed by atoms with Crippen molar-refractivity contribution in [3.63, 3.8) is 0 Å². The molecule has 0 bridgehead atoms. The second-order valence-electron chi connectivity index (χ2n) is 8.02. The van der Waals surface area contributed by atoms with Crippen LogP contribution in [0.25, 0.3) is 21.9 Å². The molecule has 7 heteroatoms. The first-order chi connectivity index (χ1) is 16.1. The molecule has 0 fully saturated rings. The number of hydrogen-bond donors (Lipinski definition) is 2. The summed E-state index contributed by atoms with van der Waals surface area (Å²) < 4.78 is 4.09. The number of anilines is 1. The third kappa shape index (κ3) is 4.35. The van der Waals surface area contributed by atoms with E-state index in [9.17, 15) is 4.79 Å². The summed E-state index contributed by atoms with van der Waals surface area (Å²) >= 11 is 6.25. The Hall–Kier alpha value is -3.61. The summed E-state index contributed by atoms with van der Waals surface area (Å²) in [6.07, 6.45) is 2.97. The fourth-order valence-electron chi connectivity index (χ4n) is 4.12. The van der Waals surface area contributed by atoms with Gasteiger partial charge in [0.05, 0.1) is 11.0 Å². The molecule has 0 atom stereocenters. The molecule has 0 aliphatic carbocycles. The number of imidazole rings is 1. The zero-order valence-corrected chi connectivity index (χ0v) is 18.8. The second-order valence-corrected chi connectivity index (χ2v) is 8.46. The average molecular weight is 458 g/mol.